The van der Waals surface area contributed by atoms with E-state index in [1.54, 1.807) is 12.1 Å². The van der Waals surface area contributed by atoms with E-state index < -0.39 is 24.3 Å². The fourth-order valence-electron chi connectivity index (χ4n) is 2.21. The second-order valence-electron chi connectivity index (χ2n) is 6.55. The molecule has 23 heavy (non-hydrogen) atoms. The Kier molecular flexibility index (Phi) is 4.85. The highest BCUT2D eigenvalue weighted by Crippen LogP contribution is 2.39. The summed E-state index contributed by atoms with van der Waals surface area (Å²) in [4.78, 5) is 11.1. The third-order valence-corrected chi connectivity index (χ3v) is 4.71. The number of rotatable bonds is 4. The van der Waals surface area contributed by atoms with Gasteiger partial charge in [0.1, 0.15) is 11.3 Å². The molecule has 1 heterocycles. The number of aromatic carboxylic acids is 1. The first-order chi connectivity index (χ1) is 10.6. The summed E-state index contributed by atoms with van der Waals surface area (Å²) >= 11 is 4.33. The SMILES string of the molecule is CC1(C)OB(C(=Cc2ccc(O)c(C(=O)O)c2)CS)OC1(C)C. The molecule has 0 saturated carbocycles. The van der Waals surface area contributed by atoms with Crippen molar-refractivity contribution >= 4 is 31.8 Å². The largest absolute Gasteiger partial charge is 0.507 e. The van der Waals surface area contributed by atoms with Gasteiger partial charge in [-0.3, -0.25) is 0 Å². The van der Waals surface area contributed by atoms with Gasteiger partial charge in [0.25, 0.3) is 0 Å². The van der Waals surface area contributed by atoms with E-state index in [-0.39, 0.29) is 11.3 Å². The number of hydrogen-bond acceptors (Lipinski definition) is 5. The fraction of sp³-hybridized carbons (Fsp3) is 0.438. The topological polar surface area (TPSA) is 76.0 Å². The predicted molar refractivity (Wildman–Crippen MR) is 93.0 cm³/mol. The number of phenols is 1. The maximum atomic E-state index is 11.1. The van der Waals surface area contributed by atoms with E-state index in [0.29, 0.717) is 11.3 Å². The van der Waals surface area contributed by atoms with E-state index >= 15 is 0 Å². The Balaban J connectivity index is 2.34. The first kappa shape index (κ1) is 17.9. The van der Waals surface area contributed by atoms with Gasteiger partial charge in [0, 0.05) is 5.75 Å². The lowest BCUT2D eigenvalue weighted by Crippen LogP contribution is -2.41. The quantitative estimate of drug-likeness (QED) is 0.582. The molecular formula is C16H21BO5S. The van der Waals surface area contributed by atoms with Gasteiger partial charge in [-0.2, -0.15) is 12.6 Å². The Morgan fingerprint density at radius 2 is 1.83 bits per heavy atom. The van der Waals surface area contributed by atoms with Gasteiger partial charge in [-0.05, 0) is 50.9 Å². The maximum Gasteiger partial charge on any atom is 0.491 e. The summed E-state index contributed by atoms with van der Waals surface area (Å²) in [5.41, 5.74) is 0.362. The van der Waals surface area contributed by atoms with E-state index in [9.17, 15) is 9.90 Å². The molecule has 0 unspecified atom stereocenters. The number of carboxylic acids is 1. The van der Waals surface area contributed by atoms with Crippen molar-refractivity contribution in [1.82, 2.24) is 0 Å². The molecule has 0 aliphatic carbocycles. The fourth-order valence-corrected chi connectivity index (χ4v) is 2.45. The molecule has 5 nitrogen and oxygen atoms in total. The molecule has 1 saturated heterocycles. The summed E-state index contributed by atoms with van der Waals surface area (Å²) < 4.78 is 12.0. The first-order valence-electron chi connectivity index (χ1n) is 7.30. The highest BCUT2D eigenvalue weighted by molar-refractivity contribution is 7.80. The van der Waals surface area contributed by atoms with Crippen molar-refractivity contribution in [1.29, 1.82) is 0 Å². The van der Waals surface area contributed by atoms with Crippen molar-refractivity contribution in [3.8, 4) is 5.75 Å². The van der Waals surface area contributed by atoms with Gasteiger partial charge < -0.3 is 19.5 Å². The summed E-state index contributed by atoms with van der Waals surface area (Å²) in [7, 11) is -0.542. The second-order valence-corrected chi connectivity index (χ2v) is 6.86. The Morgan fingerprint density at radius 3 is 2.30 bits per heavy atom. The average Bonchev–Trinajstić information content (AvgIpc) is 2.66. The third-order valence-electron chi connectivity index (χ3n) is 4.34. The van der Waals surface area contributed by atoms with Crippen molar-refractivity contribution in [2.75, 3.05) is 5.75 Å². The summed E-state index contributed by atoms with van der Waals surface area (Å²) in [6, 6.07) is 4.40. The van der Waals surface area contributed by atoms with Crippen LogP contribution in [0.4, 0.5) is 0 Å². The van der Waals surface area contributed by atoms with Crippen LogP contribution in [0.1, 0.15) is 43.6 Å². The molecule has 124 valence electrons. The van der Waals surface area contributed by atoms with E-state index in [2.05, 4.69) is 12.6 Å². The minimum absolute atomic E-state index is 0.147. The molecule has 0 amide bonds. The van der Waals surface area contributed by atoms with Crippen molar-refractivity contribution in [2.45, 2.75) is 38.9 Å². The van der Waals surface area contributed by atoms with Crippen LogP contribution >= 0.6 is 12.6 Å². The van der Waals surface area contributed by atoms with Crippen LogP contribution in [0.3, 0.4) is 0 Å². The second kappa shape index (κ2) is 6.22. The van der Waals surface area contributed by atoms with Crippen LogP contribution in [0, 0.1) is 0 Å². The average molecular weight is 336 g/mol. The molecule has 2 rings (SSSR count). The van der Waals surface area contributed by atoms with Crippen LogP contribution in [-0.4, -0.2) is 40.3 Å². The Bertz CT molecular complexity index is 638. The van der Waals surface area contributed by atoms with Crippen molar-refractivity contribution in [3.63, 3.8) is 0 Å². The monoisotopic (exact) mass is 336 g/mol. The summed E-state index contributed by atoms with van der Waals surface area (Å²) in [6.45, 7) is 7.86. The number of aromatic hydroxyl groups is 1. The summed E-state index contributed by atoms with van der Waals surface area (Å²) in [6.07, 6.45) is 1.78. The lowest BCUT2D eigenvalue weighted by Gasteiger charge is -2.32. The molecule has 0 spiro atoms. The smallest absolute Gasteiger partial charge is 0.491 e. The standard InChI is InChI=1S/C16H21BO5S/c1-15(2)16(3,4)22-17(21-15)11(9-23)7-10-5-6-13(18)12(8-10)14(19)20/h5-8,18,23H,9H2,1-4H3,(H,19,20). The van der Waals surface area contributed by atoms with Crippen LogP contribution in [0.5, 0.6) is 5.75 Å². The lowest BCUT2D eigenvalue weighted by atomic mass is 9.78. The Hall–Kier alpha value is -1.44. The maximum absolute atomic E-state index is 11.1. The van der Waals surface area contributed by atoms with Crippen molar-refractivity contribution < 1.29 is 24.3 Å². The minimum atomic E-state index is -1.18. The molecule has 0 atom stereocenters. The van der Waals surface area contributed by atoms with E-state index in [1.165, 1.54) is 12.1 Å². The molecule has 7 heteroatoms. The molecule has 1 aromatic carbocycles. The van der Waals surface area contributed by atoms with Crippen LogP contribution in [0.15, 0.2) is 23.7 Å². The molecule has 1 aromatic rings. The predicted octanol–water partition coefficient (Wildman–Crippen LogP) is 3.04. The van der Waals surface area contributed by atoms with Gasteiger partial charge >= 0.3 is 13.1 Å². The molecule has 0 radical (unpaired) electrons. The third kappa shape index (κ3) is 3.57. The minimum Gasteiger partial charge on any atom is -0.507 e. The Morgan fingerprint density at radius 1 is 1.26 bits per heavy atom. The number of carbonyl (C=O) groups is 1. The summed E-state index contributed by atoms with van der Waals surface area (Å²) in [5, 5.41) is 18.7. The number of carboxylic acid groups (broad SMARTS) is 1. The normalized spacial score (nSPS) is 19.9. The first-order valence-corrected chi connectivity index (χ1v) is 7.94. The van der Waals surface area contributed by atoms with Crippen LogP contribution < -0.4 is 0 Å². The van der Waals surface area contributed by atoms with Crippen molar-refractivity contribution in [2.24, 2.45) is 0 Å². The molecule has 0 bridgehead atoms. The van der Waals surface area contributed by atoms with Crippen LogP contribution in [0.25, 0.3) is 6.08 Å². The summed E-state index contributed by atoms with van der Waals surface area (Å²) in [5.74, 6) is -1.04. The van der Waals surface area contributed by atoms with E-state index in [0.717, 1.165) is 5.47 Å². The molecular weight excluding hydrogens is 315 g/mol. The molecule has 0 aromatic heterocycles. The van der Waals surface area contributed by atoms with E-state index in [1.807, 2.05) is 27.7 Å². The van der Waals surface area contributed by atoms with Crippen molar-refractivity contribution in [3.05, 3.63) is 34.8 Å². The molecule has 1 aliphatic heterocycles. The highest BCUT2D eigenvalue weighted by atomic mass is 32.1. The number of hydrogen-bond donors (Lipinski definition) is 3. The van der Waals surface area contributed by atoms with Gasteiger partial charge in [-0.25, -0.2) is 4.79 Å². The lowest BCUT2D eigenvalue weighted by molar-refractivity contribution is 0.00578. The molecule has 1 fully saturated rings. The zero-order valence-corrected chi connectivity index (χ0v) is 14.6. The molecule has 2 N–H and O–H groups in total. The van der Waals surface area contributed by atoms with Crippen LogP contribution in [0.2, 0.25) is 0 Å². The van der Waals surface area contributed by atoms with Crippen LogP contribution in [-0.2, 0) is 9.31 Å². The highest BCUT2D eigenvalue weighted by Gasteiger charge is 2.52. The zero-order valence-electron chi connectivity index (χ0n) is 13.7. The molecule has 1 aliphatic rings. The van der Waals surface area contributed by atoms with Gasteiger partial charge in [0.2, 0.25) is 0 Å². The van der Waals surface area contributed by atoms with Gasteiger partial charge in [0.15, 0.2) is 0 Å². The number of benzene rings is 1. The van der Waals surface area contributed by atoms with Gasteiger partial charge in [-0.1, -0.05) is 12.1 Å². The van der Waals surface area contributed by atoms with Gasteiger partial charge in [0.05, 0.1) is 11.2 Å². The Labute approximate surface area is 141 Å². The van der Waals surface area contributed by atoms with E-state index in [4.69, 9.17) is 14.4 Å². The van der Waals surface area contributed by atoms with Gasteiger partial charge in [-0.15, -0.1) is 0 Å². The zero-order chi connectivity index (χ0) is 17.4. The number of thiol groups is 1.